The van der Waals surface area contributed by atoms with Gasteiger partial charge >= 0.3 is 0 Å². The van der Waals surface area contributed by atoms with E-state index in [-0.39, 0.29) is 26.2 Å². The molecule has 0 saturated carbocycles. The Hall–Kier alpha value is -0.175. The second-order valence-corrected chi connectivity index (χ2v) is 3.62. The first-order valence-corrected chi connectivity index (χ1v) is 5.42. The smallest absolute Gasteiger partial charge is 0.150 e. The molecule has 0 aromatic heterocycles. The van der Waals surface area contributed by atoms with Gasteiger partial charge in [-0.25, -0.2) is 0 Å². The van der Waals surface area contributed by atoms with Gasteiger partial charge in [0.1, 0.15) is 39.7 Å². The lowest BCUT2D eigenvalue weighted by atomic mass is 9.93. The van der Waals surface area contributed by atoms with Crippen molar-refractivity contribution in [3.8, 4) is 0 Å². The van der Waals surface area contributed by atoms with Crippen molar-refractivity contribution in [3.05, 3.63) is 0 Å². The first kappa shape index (κ1) is 13.9. The fourth-order valence-electron chi connectivity index (χ4n) is 1.61. The molecule has 0 aromatic rings. The first-order chi connectivity index (χ1) is 7.70. The lowest BCUT2D eigenvalue weighted by molar-refractivity contribution is -0.161. The lowest BCUT2D eigenvalue weighted by Gasteiger charge is -2.18. The highest BCUT2D eigenvalue weighted by Gasteiger charge is 2.41. The maximum atomic E-state index is 9.73. The summed E-state index contributed by atoms with van der Waals surface area (Å²) < 4.78 is 20.6. The van der Waals surface area contributed by atoms with E-state index in [1.807, 2.05) is 6.92 Å². The van der Waals surface area contributed by atoms with Gasteiger partial charge < -0.3 is 29.2 Å². The normalized spacial score (nSPS) is 34.4. The Bertz CT molecular complexity index is 193. The van der Waals surface area contributed by atoms with Crippen LogP contribution in [0.15, 0.2) is 0 Å². The molecule has 6 nitrogen and oxygen atoms in total. The van der Waals surface area contributed by atoms with Crippen LogP contribution in [0.1, 0.15) is 6.92 Å². The molecular formula is C9H19BO6. The second-order valence-electron chi connectivity index (χ2n) is 3.62. The minimum atomic E-state index is -0.823. The number of ether oxygens (including phenoxy) is 4. The van der Waals surface area contributed by atoms with Gasteiger partial charge in [-0.15, -0.1) is 0 Å². The van der Waals surface area contributed by atoms with Gasteiger partial charge in [0.15, 0.2) is 0 Å². The van der Waals surface area contributed by atoms with Crippen LogP contribution in [0.3, 0.4) is 0 Å². The van der Waals surface area contributed by atoms with Crippen LogP contribution in [-0.2, 0) is 18.9 Å². The Balaban J connectivity index is 2.20. The maximum Gasteiger partial charge on any atom is 0.150 e. The van der Waals surface area contributed by atoms with E-state index >= 15 is 0 Å². The van der Waals surface area contributed by atoms with Crippen molar-refractivity contribution in [2.75, 3.05) is 26.8 Å². The molecular weight excluding hydrogens is 215 g/mol. The van der Waals surface area contributed by atoms with Crippen LogP contribution in [-0.4, -0.2) is 69.2 Å². The summed E-state index contributed by atoms with van der Waals surface area (Å²) in [6, 6.07) is -0.261. The molecule has 0 aliphatic carbocycles. The van der Waals surface area contributed by atoms with E-state index in [1.165, 1.54) is 0 Å². The van der Waals surface area contributed by atoms with Crippen LogP contribution in [0.25, 0.3) is 0 Å². The van der Waals surface area contributed by atoms with Crippen molar-refractivity contribution >= 4 is 7.85 Å². The minimum Gasteiger partial charge on any atom is -0.394 e. The topological polar surface area (TPSA) is 77.4 Å². The fourth-order valence-corrected chi connectivity index (χ4v) is 1.61. The number of aliphatic hydroxyl groups excluding tert-OH is 2. The number of rotatable bonds is 7. The Morgan fingerprint density at radius 2 is 2.06 bits per heavy atom. The molecule has 7 heteroatoms. The number of hydrogen-bond acceptors (Lipinski definition) is 6. The van der Waals surface area contributed by atoms with Gasteiger partial charge in [0.05, 0.1) is 12.6 Å². The average Bonchev–Trinajstić information content (AvgIpc) is 2.55. The van der Waals surface area contributed by atoms with E-state index in [0.29, 0.717) is 6.61 Å². The van der Waals surface area contributed by atoms with E-state index in [1.54, 1.807) is 7.85 Å². The largest absolute Gasteiger partial charge is 0.394 e. The van der Waals surface area contributed by atoms with E-state index < -0.39 is 18.3 Å². The predicted molar refractivity (Wildman–Crippen MR) is 57.6 cm³/mol. The van der Waals surface area contributed by atoms with Crippen molar-refractivity contribution in [3.63, 3.8) is 0 Å². The molecule has 94 valence electrons. The molecule has 2 N–H and O–H groups in total. The molecule has 1 fully saturated rings. The third-order valence-corrected chi connectivity index (χ3v) is 2.46. The summed E-state index contributed by atoms with van der Waals surface area (Å²) in [6.07, 6.45) is -1.87. The Morgan fingerprint density at radius 3 is 2.62 bits per heavy atom. The quantitative estimate of drug-likeness (QED) is 0.303. The van der Waals surface area contributed by atoms with Crippen molar-refractivity contribution in [1.82, 2.24) is 0 Å². The van der Waals surface area contributed by atoms with E-state index in [4.69, 9.17) is 24.1 Å². The van der Waals surface area contributed by atoms with Gasteiger partial charge in [0.2, 0.25) is 0 Å². The summed E-state index contributed by atoms with van der Waals surface area (Å²) in [6.45, 7) is 2.43. The average molecular weight is 234 g/mol. The predicted octanol–water partition coefficient (Wildman–Crippen LogP) is -1.95. The van der Waals surface area contributed by atoms with Gasteiger partial charge in [-0.05, 0) is 6.92 Å². The molecule has 1 aliphatic rings. The third-order valence-electron chi connectivity index (χ3n) is 2.46. The van der Waals surface area contributed by atoms with Gasteiger partial charge in [-0.2, -0.15) is 0 Å². The fraction of sp³-hybridized carbons (Fsp3) is 1.00. The summed E-state index contributed by atoms with van der Waals surface area (Å²) in [4.78, 5) is 0. The Kier molecular flexibility index (Phi) is 6.26. The van der Waals surface area contributed by atoms with Crippen LogP contribution in [0.2, 0.25) is 0 Å². The second kappa shape index (κ2) is 7.21. The monoisotopic (exact) mass is 234 g/mol. The van der Waals surface area contributed by atoms with Gasteiger partial charge in [-0.1, -0.05) is 0 Å². The van der Waals surface area contributed by atoms with Crippen molar-refractivity contribution < 1.29 is 29.2 Å². The van der Waals surface area contributed by atoms with Gasteiger partial charge in [0.25, 0.3) is 0 Å². The molecule has 1 unspecified atom stereocenters. The zero-order valence-corrected chi connectivity index (χ0v) is 9.67. The molecule has 16 heavy (non-hydrogen) atoms. The van der Waals surface area contributed by atoms with Crippen molar-refractivity contribution in [1.29, 1.82) is 0 Å². The molecule has 0 radical (unpaired) electrons. The summed E-state index contributed by atoms with van der Waals surface area (Å²) in [7, 11) is 1.78. The molecule has 1 aliphatic heterocycles. The number of aliphatic hydroxyl groups is 2. The van der Waals surface area contributed by atoms with E-state index in [9.17, 15) is 5.11 Å². The third kappa shape index (κ3) is 3.69. The van der Waals surface area contributed by atoms with Crippen LogP contribution in [0, 0.1) is 0 Å². The standard InChI is InChI=1S/C9H19BO6/c1-2-13-4-14-5-15-8-7(12)6(3-11)16-9(8)10/h6-9,11-12H,2-5,10H2,1H3/t6-,7+,8?,9-/m1/s1. The minimum absolute atomic E-state index is 0.0353. The van der Waals surface area contributed by atoms with Crippen molar-refractivity contribution in [2.24, 2.45) is 0 Å². The zero-order valence-electron chi connectivity index (χ0n) is 9.67. The highest BCUT2D eigenvalue weighted by molar-refractivity contribution is 6.11. The SMILES string of the molecule is B[C@@H]1O[C@H](CO)[C@H](O)C1OCOCOCC. The molecule has 0 bridgehead atoms. The van der Waals surface area contributed by atoms with Crippen LogP contribution >= 0.6 is 0 Å². The van der Waals surface area contributed by atoms with Gasteiger partial charge in [-0.3, -0.25) is 0 Å². The summed E-state index contributed by atoms with van der Waals surface area (Å²) in [5.41, 5.74) is 0. The lowest BCUT2D eigenvalue weighted by Crippen LogP contribution is -2.37. The molecule has 1 saturated heterocycles. The van der Waals surface area contributed by atoms with Crippen LogP contribution in [0.5, 0.6) is 0 Å². The van der Waals surface area contributed by atoms with Crippen LogP contribution in [0.4, 0.5) is 0 Å². The first-order valence-electron chi connectivity index (χ1n) is 5.42. The van der Waals surface area contributed by atoms with E-state index in [2.05, 4.69) is 0 Å². The molecule has 0 spiro atoms. The van der Waals surface area contributed by atoms with Crippen molar-refractivity contribution in [2.45, 2.75) is 31.2 Å². The highest BCUT2D eigenvalue weighted by atomic mass is 16.7. The summed E-state index contributed by atoms with van der Waals surface area (Å²) in [5.74, 6) is 0. The summed E-state index contributed by atoms with van der Waals surface area (Å²) in [5, 5.41) is 18.6. The molecule has 0 amide bonds. The highest BCUT2D eigenvalue weighted by Crippen LogP contribution is 2.21. The molecule has 1 heterocycles. The van der Waals surface area contributed by atoms with E-state index in [0.717, 1.165) is 0 Å². The summed E-state index contributed by atoms with van der Waals surface area (Å²) >= 11 is 0. The van der Waals surface area contributed by atoms with Gasteiger partial charge in [0, 0.05) is 6.61 Å². The maximum absolute atomic E-state index is 9.73. The zero-order chi connectivity index (χ0) is 12.0. The molecule has 1 rings (SSSR count). The Morgan fingerprint density at radius 1 is 1.31 bits per heavy atom. The molecule has 4 atom stereocenters. The van der Waals surface area contributed by atoms with Crippen LogP contribution < -0.4 is 0 Å². The molecule has 0 aromatic carbocycles. The Labute approximate surface area is 95.8 Å². The number of hydrogen-bond donors (Lipinski definition) is 2.